The van der Waals surface area contributed by atoms with Crippen LogP contribution in [0.5, 0.6) is 0 Å². The lowest BCUT2D eigenvalue weighted by Crippen LogP contribution is -2.36. The van der Waals surface area contributed by atoms with Crippen molar-refractivity contribution in [1.82, 2.24) is 10.3 Å². The van der Waals surface area contributed by atoms with Crippen LogP contribution in [0.25, 0.3) is 0 Å². The molecule has 2 N–H and O–H groups in total. The van der Waals surface area contributed by atoms with E-state index in [1.165, 1.54) is 32.4 Å². The van der Waals surface area contributed by atoms with Gasteiger partial charge in [-0.2, -0.15) is 0 Å². The summed E-state index contributed by atoms with van der Waals surface area (Å²) in [5, 5.41) is 5.61. The Morgan fingerprint density at radius 3 is 2.68 bits per heavy atom. The molecule has 0 aliphatic heterocycles. The van der Waals surface area contributed by atoms with Gasteiger partial charge in [0.05, 0.1) is 0 Å². The Kier molecular flexibility index (Phi) is 4.49. The quantitative estimate of drug-likeness (QED) is 0.875. The van der Waals surface area contributed by atoms with Crippen LogP contribution in [0.15, 0.2) is 18.3 Å². The second-order valence-corrected chi connectivity index (χ2v) is 4.92. The minimum atomic E-state index is -0.197. The predicted molar refractivity (Wildman–Crippen MR) is 72.9 cm³/mol. The molecule has 0 spiro atoms. The molecule has 1 aromatic heterocycles. The van der Waals surface area contributed by atoms with E-state index in [0.29, 0.717) is 11.4 Å². The number of anilines is 1. The molecule has 102 valence electrons. The molecule has 0 atom stereocenters. The highest BCUT2D eigenvalue weighted by atomic mass is 16.2. The lowest BCUT2D eigenvalue weighted by atomic mass is 9.95. The van der Waals surface area contributed by atoms with Gasteiger partial charge in [0.1, 0.15) is 5.82 Å². The summed E-state index contributed by atoms with van der Waals surface area (Å²) in [7, 11) is 0. The number of pyridine rings is 1. The van der Waals surface area contributed by atoms with Crippen LogP contribution < -0.4 is 10.6 Å². The number of carbonyl (C=O) groups is 2. The topological polar surface area (TPSA) is 71.1 Å². The predicted octanol–water partition coefficient (Wildman–Crippen LogP) is 2.10. The van der Waals surface area contributed by atoms with Crippen LogP contribution in [0.2, 0.25) is 0 Å². The normalized spacial score (nSPS) is 15.8. The largest absolute Gasteiger partial charge is 0.349 e. The van der Waals surface area contributed by atoms with Gasteiger partial charge in [0.2, 0.25) is 5.91 Å². The fourth-order valence-electron chi connectivity index (χ4n) is 2.34. The molecule has 1 fully saturated rings. The zero-order chi connectivity index (χ0) is 13.7. The van der Waals surface area contributed by atoms with E-state index in [9.17, 15) is 9.59 Å². The molecule has 5 nitrogen and oxygen atoms in total. The Hall–Kier alpha value is -1.91. The molecule has 0 radical (unpaired) electrons. The van der Waals surface area contributed by atoms with Crippen LogP contribution >= 0.6 is 0 Å². The molecular formula is C14H19N3O2. The van der Waals surface area contributed by atoms with Gasteiger partial charge in [0.15, 0.2) is 0 Å². The van der Waals surface area contributed by atoms with E-state index in [4.69, 9.17) is 0 Å². The van der Waals surface area contributed by atoms with Crippen molar-refractivity contribution in [2.45, 2.75) is 45.1 Å². The van der Waals surface area contributed by atoms with Gasteiger partial charge in [-0.15, -0.1) is 0 Å². The fourth-order valence-corrected chi connectivity index (χ4v) is 2.34. The summed E-state index contributed by atoms with van der Waals surface area (Å²) >= 11 is 0. The third-order valence-corrected chi connectivity index (χ3v) is 3.27. The van der Waals surface area contributed by atoms with Crippen LogP contribution in [0.4, 0.5) is 5.82 Å². The SMILES string of the molecule is CC(=O)Nc1cc(C(=O)NC2CCCCC2)ccn1. The Labute approximate surface area is 112 Å². The standard InChI is InChI=1S/C14H19N3O2/c1-10(18)16-13-9-11(7-8-15-13)14(19)17-12-5-3-2-4-6-12/h7-9,12H,2-6H2,1H3,(H,17,19)(H,15,16,18). The van der Waals surface area contributed by atoms with Gasteiger partial charge in [-0.1, -0.05) is 19.3 Å². The van der Waals surface area contributed by atoms with Gasteiger partial charge in [-0.05, 0) is 25.0 Å². The van der Waals surface area contributed by atoms with Crippen LogP contribution in [0.1, 0.15) is 49.4 Å². The summed E-state index contributed by atoms with van der Waals surface area (Å²) in [6.07, 6.45) is 7.25. The molecule has 5 heteroatoms. The molecule has 0 saturated heterocycles. The fraction of sp³-hybridized carbons (Fsp3) is 0.500. The zero-order valence-electron chi connectivity index (χ0n) is 11.1. The number of hydrogen-bond acceptors (Lipinski definition) is 3. The van der Waals surface area contributed by atoms with Crippen LogP contribution in [0, 0.1) is 0 Å². The third-order valence-electron chi connectivity index (χ3n) is 3.27. The maximum Gasteiger partial charge on any atom is 0.251 e. The van der Waals surface area contributed by atoms with Gasteiger partial charge in [0, 0.05) is 24.7 Å². The lowest BCUT2D eigenvalue weighted by Gasteiger charge is -2.22. The molecular weight excluding hydrogens is 242 g/mol. The Morgan fingerprint density at radius 1 is 1.26 bits per heavy atom. The third kappa shape index (κ3) is 4.05. The van der Waals surface area contributed by atoms with Crippen molar-refractivity contribution in [3.63, 3.8) is 0 Å². The van der Waals surface area contributed by atoms with Gasteiger partial charge in [0.25, 0.3) is 5.91 Å². The molecule has 1 aliphatic carbocycles. The van der Waals surface area contributed by atoms with E-state index in [1.54, 1.807) is 12.1 Å². The number of amides is 2. The van der Waals surface area contributed by atoms with Crippen molar-refractivity contribution in [1.29, 1.82) is 0 Å². The zero-order valence-corrected chi connectivity index (χ0v) is 11.1. The monoisotopic (exact) mass is 261 g/mol. The second kappa shape index (κ2) is 6.31. The number of carbonyl (C=O) groups excluding carboxylic acids is 2. The van der Waals surface area contributed by atoms with Crippen molar-refractivity contribution in [2.24, 2.45) is 0 Å². The van der Waals surface area contributed by atoms with Crippen molar-refractivity contribution in [3.05, 3.63) is 23.9 Å². The van der Waals surface area contributed by atoms with Crippen LogP contribution in [-0.4, -0.2) is 22.8 Å². The van der Waals surface area contributed by atoms with Gasteiger partial charge in [-0.25, -0.2) is 4.98 Å². The summed E-state index contributed by atoms with van der Waals surface area (Å²) in [6.45, 7) is 1.41. The lowest BCUT2D eigenvalue weighted by molar-refractivity contribution is -0.114. The Morgan fingerprint density at radius 2 is 2.00 bits per heavy atom. The molecule has 1 heterocycles. The number of aromatic nitrogens is 1. The highest BCUT2D eigenvalue weighted by Gasteiger charge is 2.16. The maximum atomic E-state index is 12.1. The van der Waals surface area contributed by atoms with Gasteiger partial charge in [-0.3, -0.25) is 9.59 Å². The molecule has 0 aromatic carbocycles. The average molecular weight is 261 g/mol. The van der Waals surface area contributed by atoms with Crippen LogP contribution in [-0.2, 0) is 4.79 Å². The Balaban J connectivity index is 1.99. The summed E-state index contributed by atoms with van der Waals surface area (Å²) < 4.78 is 0. The van der Waals surface area contributed by atoms with E-state index in [1.807, 2.05) is 0 Å². The molecule has 0 bridgehead atoms. The van der Waals surface area contributed by atoms with E-state index in [-0.39, 0.29) is 17.9 Å². The van der Waals surface area contributed by atoms with Crippen molar-refractivity contribution < 1.29 is 9.59 Å². The first-order chi connectivity index (χ1) is 9.15. The minimum Gasteiger partial charge on any atom is -0.349 e. The molecule has 2 amide bonds. The first-order valence-corrected chi connectivity index (χ1v) is 6.69. The first-order valence-electron chi connectivity index (χ1n) is 6.69. The van der Waals surface area contributed by atoms with E-state index in [0.717, 1.165) is 12.8 Å². The highest BCUT2D eigenvalue weighted by Crippen LogP contribution is 2.18. The molecule has 2 rings (SSSR count). The van der Waals surface area contributed by atoms with E-state index in [2.05, 4.69) is 15.6 Å². The summed E-state index contributed by atoms with van der Waals surface area (Å²) in [5.41, 5.74) is 0.532. The van der Waals surface area contributed by atoms with E-state index < -0.39 is 0 Å². The summed E-state index contributed by atoms with van der Waals surface area (Å²) in [5.74, 6) is 0.113. The molecule has 19 heavy (non-hydrogen) atoms. The van der Waals surface area contributed by atoms with Gasteiger partial charge < -0.3 is 10.6 Å². The summed E-state index contributed by atoms with van der Waals surface area (Å²) in [6, 6.07) is 3.53. The number of nitrogens with one attached hydrogen (secondary N) is 2. The smallest absolute Gasteiger partial charge is 0.251 e. The minimum absolute atomic E-state index is 0.0964. The molecule has 1 saturated carbocycles. The van der Waals surface area contributed by atoms with E-state index >= 15 is 0 Å². The first kappa shape index (κ1) is 13.5. The molecule has 1 aromatic rings. The summed E-state index contributed by atoms with van der Waals surface area (Å²) in [4.78, 5) is 27.1. The van der Waals surface area contributed by atoms with Crippen molar-refractivity contribution in [3.8, 4) is 0 Å². The molecule has 1 aliphatic rings. The van der Waals surface area contributed by atoms with Gasteiger partial charge >= 0.3 is 0 Å². The Bertz CT molecular complexity index is 468. The maximum absolute atomic E-state index is 12.1. The number of hydrogen-bond donors (Lipinski definition) is 2. The second-order valence-electron chi connectivity index (χ2n) is 4.92. The van der Waals surface area contributed by atoms with Crippen molar-refractivity contribution >= 4 is 17.6 Å². The van der Waals surface area contributed by atoms with Crippen LogP contribution in [0.3, 0.4) is 0 Å². The number of nitrogens with zero attached hydrogens (tertiary/aromatic N) is 1. The highest BCUT2D eigenvalue weighted by molar-refractivity contribution is 5.96. The molecule has 0 unspecified atom stereocenters. The van der Waals surface area contributed by atoms with Crippen molar-refractivity contribution in [2.75, 3.05) is 5.32 Å². The average Bonchev–Trinajstić information content (AvgIpc) is 2.39. The number of rotatable bonds is 3.